The second-order valence-corrected chi connectivity index (χ2v) is 5.36. The summed E-state index contributed by atoms with van der Waals surface area (Å²) in [5, 5.41) is 12.0. The van der Waals surface area contributed by atoms with E-state index in [-0.39, 0.29) is 5.91 Å². The van der Waals surface area contributed by atoms with Crippen molar-refractivity contribution in [2.75, 3.05) is 5.32 Å². The molecule has 1 amide bonds. The molecule has 2 heterocycles. The molecule has 1 saturated carbocycles. The van der Waals surface area contributed by atoms with Crippen LogP contribution in [0.1, 0.15) is 34.1 Å². The van der Waals surface area contributed by atoms with Crippen molar-refractivity contribution in [3.05, 3.63) is 33.1 Å². The molecule has 0 bridgehead atoms. The molecule has 1 aliphatic carbocycles. The standard InChI is InChI=1S/C11H10ClN3OS/c12-7-3-4-17-10(7)11(16)13-9-5-8(14-15-9)6-1-2-6/h3-6H,1-2H2,(H2,13,14,15,16). The summed E-state index contributed by atoms with van der Waals surface area (Å²) in [5.74, 6) is 1.000. The molecule has 0 unspecified atom stereocenters. The van der Waals surface area contributed by atoms with E-state index in [1.165, 1.54) is 24.2 Å². The Morgan fingerprint density at radius 1 is 1.59 bits per heavy atom. The van der Waals surface area contributed by atoms with Gasteiger partial charge in [0.15, 0.2) is 0 Å². The molecule has 2 N–H and O–H groups in total. The number of nitrogens with zero attached hydrogens (tertiary/aromatic N) is 1. The van der Waals surface area contributed by atoms with E-state index in [9.17, 15) is 4.79 Å². The van der Waals surface area contributed by atoms with Crippen LogP contribution < -0.4 is 5.32 Å². The van der Waals surface area contributed by atoms with Crippen molar-refractivity contribution in [3.63, 3.8) is 0 Å². The quantitative estimate of drug-likeness (QED) is 0.897. The van der Waals surface area contributed by atoms with Gasteiger partial charge in [-0.15, -0.1) is 11.3 Å². The lowest BCUT2D eigenvalue weighted by molar-refractivity contribution is 0.103. The molecule has 88 valence electrons. The first kappa shape index (κ1) is 10.8. The molecule has 1 aliphatic rings. The van der Waals surface area contributed by atoms with E-state index in [0.29, 0.717) is 21.6 Å². The molecule has 4 nitrogen and oxygen atoms in total. The van der Waals surface area contributed by atoms with Crippen molar-refractivity contribution < 1.29 is 4.79 Å². The second kappa shape index (κ2) is 4.16. The first-order valence-electron chi connectivity index (χ1n) is 5.33. The maximum absolute atomic E-state index is 11.9. The number of hydrogen-bond donors (Lipinski definition) is 2. The number of carbonyl (C=O) groups is 1. The number of carbonyl (C=O) groups excluding carboxylic acids is 1. The topological polar surface area (TPSA) is 57.8 Å². The maximum Gasteiger partial charge on any atom is 0.268 e. The van der Waals surface area contributed by atoms with E-state index in [0.717, 1.165) is 5.69 Å². The first-order valence-corrected chi connectivity index (χ1v) is 6.59. The summed E-state index contributed by atoms with van der Waals surface area (Å²) < 4.78 is 0. The van der Waals surface area contributed by atoms with Crippen LogP contribution >= 0.6 is 22.9 Å². The average molecular weight is 268 g/mol. The lowest BCUT2D eigenvalue weighted by Gasteiger charge is -1.99. The third-order valence-electron chi connectivity index (χ3n) is 2.66. The van der Waals surface area contributed by atoms with Crippen LogP contribution in [0, 0.1) is 0 Å². The van der Waals surface area contributed by atoms with Crippen LogP contribution in [0.3, 0.4) is 0 Å². The van der Waals surface area contributed by atoms with Crippen LogP contribution in [0.2, 0.25) is 5.02 Å². The molecule has 0 aliphatic heterocycles. The molecule has 6 heteroatoms. The van der Waals surface area contributed by atoms with Gasteiger partial charge in [0, 0.05) is 12.0 Å². The Balaban J connectivity index is 1.73. The highest BCUT2D eigenvalue weighted by atomic mass is 35.5. The van der Waals surface area contributed by atoms with Crippen molar-refractivity contribution in [3.8, 4) is 0 Å². The summed E-state index contributed by atoms with van der Waals surface area (Å²) in [5.41, 5.74) is 1.03. The summed E-state index contributed by atoms with van der Waals surface area (Å²) in [6.07, 6.45) is 2.38. The third kappa shape index (κ3) is 2.21. The molecule has 0 aromatic carbocycles. The number of halogens is 1. The number of aromatic nitrogens is 2. The molecule has 0 radical (unpaired) electrons. The van der Waals surface area contributed by atoms with E-state index >= 15 is 0 Å². The minimum atomic E-state index is -0.198. The molecule has 0 atom stereocenters. The Morgan fingerprint density at radius 3 is 3.06 bits per heavy atom. The van der Waals surface area contributed by atoms with Gasteiger partial charge < -0.3 is 5.32 Å². The molecule has 0 saturated heterocycles. The van der Waals surface area contributed by atoms with Gasteiger partial charge in [-0.05, 0) is 24.3 Å². The van der Waals surface area contributed by atoms with Crippen LogP contribution in [0.4, 0.5) is 5.82 Å². The number of nitrogens with one attached hydrogen (secondary N) is 2. The van der Waals surface area contributed by atoms with E-state index in [2.05, 4.69) is 15.5 Å². The number of anilines is 1. The van der Waals surface area contributed by atoms with Gasteiger partial charge in [-0.3, -0.25) is 9.89 Å². The van der Waals surface area contributed by atoms with Gasteiger partial charge in [0.2, 0.25) is 0 Å². The molecule has 3 rings (SSSR count). The lowest BCUT2D eigenvalue weighted by Crippen LogP contribution is -2.10. The fourth-order valence-corrected chi connectivity index (χ4v) is 2.66. The van der Waals surface area contributed by atoms with Gasteiger partial charge in [0.1, 0.15) is 10.7 Å². The highest BCUT2D eigenvalue weighted by Gasteiger charge is 2.26. The first-order chi connectivity index (χ1) is 8.24. The number of thiophene rings is 1. The fourth-order valence-electron chi connectivity index (χ4n) is 1.62. The Kier molecular flexibility index (Phi) is 2.64. The van der Waals surface area contributed by atoms with Crippen LogP contribution in [0.5, 0.6) is 0 Å². The molecular weight excluding hydrogens is 258 g/mol. The van der Waals surface area contributed by atoms with Crippen LogP contribution in [-0.4, -0.2) is 16.1 Å². The van der Waals surface area contributed by atoms with Crippen LogP contribution in [0.15, 0.2) is 17.5 Å². The number of aromatic amines is 1. The zero-order valence-corrected chi connectivity index (χ0v) is 10.4. The Hall–Kier alpha value is -1.33. The van der Waals surface area contributed by atoms with E-state index in [1.807, 2.05) is 6.07 Å². The predicted molar refractivity (Wildman–Crippen MR) is 67.8 cm³/mol. The number of H-pyrrole nitrogens is 1. The van der Waals surface area contributed by atoms with Gasteiger partial charge in [0.25, 0.3) is 5.91 Å². The summed E-state index contributed by atoms with van der Waals surface area (Å²) in [7, 11) is 0. The normalized spacial score (nSPS) is 14.9. The lowest BCUT2D eigenvalue weighted by atomic mass is 10.3. The van der Waals surface area contributed by atoms with Crippen LogP contribution in [0.25, 0.3) is 0 Å². The van der Waals surface area contributed by atoms with Gasteiger partial charge in [-0.25, -0.2) is 0 Å². The predicted octanol–water partition coefficient (Wildman–Crippen LogP) is 3.25. The molecule has 0 spiro atoms. The highest BCUT2D eigenvalue weighted by Crippen LogP contribution is 2.39. The molecule has 2 aromatic rings. The minimum absolute atomic E-state index is 0.198. The summed E-state index contributed by atoms with van der Waals surface area (Å²) in [4.78, 5) is 12.4. The van der Waals surface area contributed by atoms with Crippen molar-refractivity contribution in [2.45, 2.75) is 18.8 Å². The van der Waals surface area contributed by atoms with Gasteiger partial charge >= 0.3 is 0 Å². The van der Waals surface area contributed by atoms with Gasteiger partial charge in [-0.2, -0.15) is 5.10 Å². The molecule has 2 aromatic heterocycles. The van der Waals surface area contributed by atoms with Crippen molar-refractivity contribution in [2.24, 2.45) is 0 Å². The SMILES string of the molecule is O=C(Nc1cc(C2CC2)n[nH]1)c1sccc1Cl. The molecule has 17 heavy (non-hydrogen) atoms. The third-order valence-corrected chi connectivity index (χ3v) is 4.01. The Bertz CT molecular complexity index is 559. The number of rotatable bonds is 3. The van der Waals surface area contributed by atoms with Gasteiger partial charge in [-0.1, -0.05) is 11.6 Å². The monoisotopic (exact) mass is 267 g/mol. The van der Waals surface area contributed by atoms with Gasteiger partial charge in [0.05, 0.1) is 10.7 Å². The zero-order chi connectivity index (χ0) is 11.8. The van der Waals surface area contributed by atoms with Crippen molar-refractivity contribution in [1.82, 2.24) is 10.2 Å². The largest absolute Gasteiger partial charge is 0.306 e. The molecule has 1 fully saturated rings. The Morgan fingerprint density at radius 2 is 2.41 bits per heavy atom. The average Bonchev–Trinajstić information content (AvgIpc) is 2.90. The number of amides is 1. The smallest absolute Gasteiger partial charge is 0.268 e. The summed E-state index contributed by atoms with van der Waals surface area (Å²) in [6.45, 7) is 0. The molecular formula is C11H10ClN3OS. The van der Waals surface area contributed by atoms with Crippen LogP contribution in [-0.2, 0) is 0 Å². The second-order valence-electron chi connectivity index (χ2n) is 4.03. The zero-order valence-electron chi connectivity index (χ0n) is 8.87. The van der Waals surface area contributed by atoms with E-state index in [1.54, 1.807) is 11.4 Å². The maximum atomic E-state index is 11.9. The summed E-state index contributed by atoms with van der Waals surface area (Å²) >= 11 is 7.21. The highest BCUT2D eigenvalue weighted by molar-refractivity contribution is 7.12. The minimum Gasteiger partial charge on any atom is -0.306 e. The number of hydrogen-bond acceptors (Lipinski definition) is 3. The Labute approximate surface area is 107 Å². The van der Waals surface area contributed by atoms with Crippen molar-refractivity contribution >= 4 is 34.7 Å². The summed E-state index contributed by atoms with van der Waals surface area (Å²) in [6, 6.07) is 3.60. The van der Waals surface area contributed by atoms with E-state index < -0.39 is 0 Å². The van der Waals surface area contributed by atoms with E-state index in [4.69, 9.17) is 11.6 Å². The van der Waals surface area contributed by atoms with Crippen molar-refractivity contribution in [1.29, 1.82) is 0 Å². The fraction of sp³-hybridized carbons (Fsp3) is 0.273.